The summed E-state index contributed by atoms with van der Waals surface area (Å²) in [6, 6.07) is 9.78. The van der Waals surface area contributed by atoms with Crippen molar-refractivity contribution in [2.75, 3.05) is 36.4 Å². The van der Waals surface area contributed by atoms with Crippen LogP contribution in [0, 0.1) is 13.8 Å². The van der Waals surface area contributed by atoms with Crippen molar-refractivity contribution in [3.8, 4) is 11.5 Å². The summed E-state index contributed by atoms with van der Waals surface area (Å²) >= 11 is 0. The van der Waals surface area contributed by atoms with Crippen LogP contribution in [0.2, 0.25) is 0 Å². The molecule has 1 amide bonds. The van der Waals surface area contributed by atoms with Crippen LogP contribution in [0.25, 0.3) is 22.1 Å². The van der Waals surface area contributed by atoms with Gasteiger partial charge in [-0.2, -0.15) is 0 Å². The SMILES string of the molecule is C=CC(=O)N1CCN(c2ncc3ncnc(Nc4ccc(Oc5cc6nnn(C)c6cc5C)c(C)c4)c3n2)CC1. The molecule has 0 saturated carbocycles. The second kappa shape index (κ2) is 10.2. The first-order valence-corrected chi connectivity index (χ1v) is 12.9. The molecule has 0 aliphatic carbocycles. The van der Waals surface area contributed by atoms with E-state index < -0.39 is 0 Å². The minimum atomic E-state index is -0.0626. The van der Waals surface area contributed by atoms with Crippen molar-refractivity contribution in [3.63, 3.8) is 0 Å². The number of rotatable bonds is 6. The number of hydrogen-bond donors (Lipinski definition) is 1. The highest BCUT2D eigenvalue weighted by Crippen LogP contribution is 2.32. The predicted octanol–water partition coefficient (Wildman–Crippen LogP) is 3.69. The third kappa shape index (κ3) is 4.75. The topological polar surface area (TPSA) is 127 Å². The van der Waals surface area contributed by atoms with E-state index in [0.717, 1.165) is 39.3 Å². The van der Waals surface area contributed by atoms with Gasteiger partial charge in [0.15, 0.2) is 5.82 Å². The van der Waals surface area contributed by atoms with E-state index in [1.54, 1.807) is 15.8 Å². The molecule has 4 heterocycles. The van der Waals surface area contributed by atoms with Crippen molar-refractivity contribution < 1.29 is 9.53 Å². The van der Waals surface area contributed by atoms with Crippen LogP contribution in [0.15, 0.2) is 55.5 Å². The van der Waals surface area contributed by atoms with Gasteiger partial charge < -0.3 is 19.9 Å². The Balaban J connectivity index is 1.22. The number of benzene rings is 2. The molecule has 1 aliphatic heterocycles. The van der Waals surface area contributed by atoms with E-state index in [2.05, 4.69) is 42.1 Å². The first kappa shape index (κ1) is 25.2. The summed E-state index contributed by atoms with van der Waals surface area (Å²) in [7, 11) is 1.87. The van der Waals surface area contributed by atoms with Crippen LogP contribution >= 0.6 is 0 Å². The summed E-state index contributed by atoms with van der Waals surface area (Å²) in [4.78, 5) is 33.8. The lowest BCUT2D eigenvalue weighted by molar-refractivity contribution is -0.126. The van der Waals surface area contributed by atoms with E-state index in [0.29, 0.717) is 49.0 Å². The minimum Gasteiger partial charge on any atom is -0.457 e. The third-order valence-electron chi connectivity index (χ3n) is 6.98. The lowest BCUT2D eigenvalue weighted by Gasteiger charge is -2.34. The van der Waals surface area contributed by atoms with E-state index in [1.165, 1.54) is 12.4 Å². The zero-order chi connectivity index (χ0) is 27.8. The highest BCUT2D eigenvalue weighted by molar-refractivity contribution is 5.88. The van der Waals surface area contributed by atoms with E-state index in [9.17, 15) is 4.79 Å². The quantitative estimate of drug-likeness (QED) is 0.321. The second-order valence-corrected chi connectivity index (χ2v) is 9.67. The number of carbonyl (C=O) groups excluding carboxylic acids is 1. The van der Waals surface area contributed by atoms with E-state index in [1.807, 2.05) is 51.2 Å². The molecule has 3 aromatic heterocycles. The molecule has 5 aromatic rings. The summed E-state index contributed by atoms with van der Waals surface area (Å²) in [6.07, 6.45) is 4.53. The highest BCUT2D eigenvalue weighted by Gasteiger charge is 2.22. The van der Waals surface area contributed by atoms with Crippen LogP contribution in [0.5, 0.6) is 11.5 Å². The third-order valence-corrected chi connectivity index (χ3v) is 6.98. The molecule has 0 atom stereocenters. The number of piperazine rings is 1. The maximum atomic E-state index is 11.9. The van der Waals surface area contributed by atoms with Gasteiger partial charge in [-0.15, -0.1) is 5.10 Å². The van der Waals surface area contributed by atoms with E-state index in [-0.39, 0.29) is 5.91 Å². The molecule has 2 aromatic carbocycles. The zero-order valence-electron chi connectivity index (χ0n) is 22.5. The first-order valence-electron chi connectivity index (χ1n) is 12.9. The molecule has 0 spiro atoms. The Morgan fingerprint density at radius 1 is 1.00 bits per heavy atom. The van der Waals surface area contributed by atoms with E-state index in [4.69, 9.17) is 9.72 Å². The smallest absolute Gasteiger partial charge is 0.246 e. The van der Waals surface area contributed by atoms with Gasteiger partial charge in [-0.1, -0.05) is 11.8 Å². The van der Waals surface area contributed by atoms with Crippen molar-refractivity contribution in [2.45, 2.75) is 13.8 Å². The number of hydrogen-bond acceptors (Lipinski definition) is 10. The maximum absolute atomic E-state index is 11.9. The molecule has 1 fully saturated rings. The molecule has 202 valence electrons. The monoisotopic (exact) mass is 536 g/mol. The number of aryl methyl sites for hydroxylation is 3. The minimum absolute atomic E-state index is 0.0626. The van der Waals surface area contributed by atoms with Crippen molar-refractivity contribution in [3.05, 3.63) is 66.6 Å². The lowest BCUT2D eigenvalue weighted by Crippen LogP contribution is -2.48. The fraction of sp³-hybridized carbons (Fsp3) is 0.250. The predicted molar refractivity (Wildman–Crippen MR) is 152 cm³/mol. The summed E-state index contributed by atoms with van der Waals surface area (Å²) in [6.45, 7) is 10.0. The Morgan fingerprint density at radius 3 is 2.58 bits per heavy atom. The Kier molecular flexibility index (Phi) is 6.42. The first-order chi connectivity index (χ1) is 19.4. The van der Waals surface area contributed by atoms with Crippen LogP contribution in [-0.4, -0.2) is 71.9 Å². The summed E-state index contributed by atoms with van der Waals surface area (Å²) < 4.78 is 8.00. The number of nitrogens with zero attached hydrogens (tertiary/aromatic N) is 9. The molecule has 12 nitrogen and oxygen atoms in total. The van der Waals surface area contributed by atoms with Crippen molar-refractivity contribution >= 4 is 45.4 Å². The number of nitrogens with one attached hydrogen (secondary N) is 1. The molecule has 0 radical (unpaired) electrons. The van der Waals surface area contributed by atoms with Crippen LogP contribution in [0.4, 0.5) is 17.5 Å². The average molecular weight is 537 g/mol. The van der Waals surface area contributed by atoms with Gasteiger partial charge in [-0.05, 0) is 55.3 Å². The fourth-order valence-corrected chi connectivity index (χ4v) is 4.72. The second-order valence-electron chi connectivity index (χ2n) is 9.67. The Morgan fingerprint density at radius 2 is 1.80 bits per heavy atom. The van der Waals surface area contributed by atoms with Gasteiger partial charge in [0.1, 0.15) is 34.4 Å². The van der Waals surface area contributed by atoms with Gasteiger partial charge >= 0.3 is 0 Å². The molecule has 12 heteroatoms. The number of carbonyl (C=O) groups is 1. The zero-order valence-corrected chi connectivity index (χ0v) is 22.5. The van der Waals surface area contributed by atoms with Gasteiger partial charge in [0, 0.05) is 45.0 Å². The number of fused-ring (bicyclic) bond motifs is 2. The molecule has 6 rings (SSSR count). The van der Waals surface area contributed by atoms with Crippen LogP contribution in [0.3, 0.4) is 0 Å². The molecule has 1 aliphatic rings. The standard InChI is InChI=1S/C28H28N10O2/c1-5-25(39)37-8-10-38(11-9-37)28-29-15-21-26(33-28)27(31-16-30-21)32-19-6-7-23(17(2)12-19)40-24-14-20-22(13-18(24)3)36(4)35-34-20/h5-7,12-16H,1,8-11H2,2-4H3,(H,30,31,32). The number of amides is 1. The van der Waals surface area contributed by atoms with Gasteiger partial charge in [-0.25, -0.2) is 24.6 Å². The molecule has 0 bridgehead atoms. The van der Waals surface area contributed by atoms with Gasteiger partial charge in [-0.3, -0.25) is 4.79 Å². The summed E-state index contributed by atoms with van der Waals surface area (Å²) in [5.41, 5.74) is 5.76. The average Bonchev–Trinajstić information content (AvgIpc) is 3.33. The van der Waals surface area contributed by atoms with Crippen LogP contribution in [0.1, 0.15) is 11.1 Å². The van der Waals surface area contributed by atoms with Crippen molar-refractivity contribution in [1.82, 2.24) is 39.8 Å². The molecule has 1 N–H and O–H groups in total. The number of anilines is 3. The maximum Gasteiger partial charge on any atom is 0.246 e. The molecule has 40 heavy (non-hydrogen) atoms. The molecule has 0 unspecified atom stereocenters. The van der Waals surface area contributed by atoms with E-state index >= 15 is 0 Å². The van der Waals surface area contributed by atoms with Crippen LogP contribution < -0.4 is 15.0 Å². The Bertz CT molecular complexity index is 1760. The number of ether oxygens (including phenoxy) is 1. The van der Waals surface area contributed by atoms with Crippen molar-refractivity contribution in [1.29, 1.82) is 0 Å². The molecular weight excluding hydrogens is 508 g/mol. The lowest BCUT2D eigenvalue weighted by atomic mass is 10.1. The largest absolute Gasteiger partial charge is 0.457 e. The number of aromatic nitrogens is 7. The van der Waals surface area contributed by atoms with Crippen LogP contribution in [-0.2, 0) is 11.8 Å². The van der Waals surface area contributed by atoms with Crippen molar-refractivity contribution in [2.24, 2.45) is 7.05 Å². The molecule has 1 saturated heterocycles. The fourth-order valence-electron chi connectivity index (χ4n) is 4.72. The normalized spacial score (nSPS) is 13.6. The Hall–Kier alpha value is -5.13. The summed E-state index contributed by atoms with van der Waals surface area (Å²) in [5.74, 6) is 2.56. The Labute approximate surface area is 230 Å². The highest BCUT2D eigenvalue weighted by atomic mass is 16.5. The molecular formula is C28H28N10O2. The summed E-state index contributed by atoms with van der Waals surface area (Å²) in [5, 5.41) is 11.7. The van der Waals surface area contributed by atoms with Gasteiger partial charge in [0.2, 0.25) is 11.9 Å². The van der Waals surface area contributed by atoms with Gasteiger partial charge in [0.25, 0.3) is 0 Å². The van der Waals surface area contributed by atoms with Gasteiger partial charge in [0.05, 0.1) is 11.7 Å².